The minimum absolute atomic E-state index is 0.00749. The zero-order valence-corrected chi connectivity index (χ0v) is 12.4. The molecule has 118 valence electrons. The number of ether oxygens (including phenoxy) is 2. The summed E-state index contributed by atoms with van der Waals surface area (Å²) < 4.78 is 10.3. The third-order valence-corrected chi connectivity index (χ3v) is 3.89. The highest BCUT2D eigenvalue weighted by Crippen LogP contribution is 2.39. The molecule has 1 aliphatic carbocycles. The van der Waals surface area contributed by atoms with Gasteiger partial charge in [0.15, 0.2) is 11.5 Å². The summed E-state index contributed by atoms with van der Waals surface area (Å²) in [5.74, 6) is -0.278. The van der Waals surface area contributed by atoms with E-state index in [4.69, 9.17) is 9.47 Å². The second-order valence-corrected chi connectivity index (χ2v) is 5.37. The lowest BCUT2D eigenvalue weighted by molar-refractivity contribution is 0.0633. The van der Waals surface area contributed by atoms with E-state index < -0.39 is 6.10 Å². The summed E-state index contributed by atoms with van der Waals surface area (Å²) in [5.41, 5.74) is 1.28. The molecular formula is C15H23NO5. The van der Waals surface area contributed by atoms with Crippen molar-refractivity contribution in [3.05, 3.63) is 23.3 Å². The Bertz CT molecular complexity index is 473. The number of hydrogen-bond donors (Lipinski definition) is 4. The summed E-state index contributed by atoms with van der Waals surface area (Å²) in [6.45, 7) is 0.982. The highest BCUT2D eigenvalue weighted by Gasteiger charge is 2.31. The van der Waals surface area contributed by atoms with Crippen molar-refractivity contribution in [1.29, 1.82) is 0 Å². The molecule has 0 saturated heterocycles. The molecule has 6 heteroatoms. The molecule has 1 aliphatic rings. The Morgan fingerprint density at radius 3 is 2.52 bits per heavy atom. The molecule has 1 aromatic rings. The second kappa shape index (κ2) is 7.09. The van der Waals surface area contributed by atoms with Gasteiger partial charge in [-0.2, -0.15) is 0 Å². The Morgan fingerprint density at radius 2 is 1.90 bits per heavy atom. The van der Waals surface area contributed by atoms with Crippen LogP contribution >= 0.6 is 0 Å². The number of benzene rings is 1. The van der Waals surface area contributed by atoms with E-state index in [1.165, 1.54) is 6.07 Å². The molecular weight excluding hydrogens is 274 g/mol. The van der Waals surface area contributed by atoms with Crippen molar-refractivity contribution >= 4 is 0 Å². The number of rotatable bonds is 6. The SMILES string of the molecule is COCC(COC)N[C@@H]1CCc2c(ccc(O)c2O)[C@H]1O. The molecule has 0 heterocycles. The van der Waals surface area contributed by atoms with E-state index in [9.17, 15) is 15.3 Å². The predicted molar refractivity (Wildman–Crippen MR) is 77.5 cm³/mol. The normalized spacial score (nSPS) is 21.5. The van der Waals surface area contributed by atoms with Crippen molar-refractivity contribution in [3.63, 3.8) is 0 Å². The zero-order valence-electron chi connectivity index (χ0n) is 12.4. The van der Waals surface area contributed by atoms with Crippen LogP contribution in [0.25, 0.3) is 0 Å². The molecule has 21 heavy (non-hydrogen) atoms. The van der Waals surface area contributed by atoms with Crippen LogP contribution in [-0.4, -0.2) is 54.8 Å². The highest BCUT2D eigenvalue weighted by atomic mass is 16.5. The average molecular weight is 297 g/mol. The Kier molecular flexibility index (Phi) is 5.41. The van der Waals surface area contributed by atoms with Gasteiger partial charge in [0.25, 0.3) is 0 Å². The van der Waals surface area contributed by atoms with Gasteiger partial charge in [-0.05, 0) is 24.5 Å². The number of phenols is 2. The summed E-state index contributed by atoms with van der Waals surface area (Å²) in [5, 5.41) is 33.2. The Hall–Kier alpha value is -1.34. The summed E-state index contributed by atoms with van der Waals surface area (Å²) in [6.07, 6.45) is 0.517. The van der Waals surface area contributed by atoms with Gasteiger partial charge >= 0.3 is 0 Å². The number of aliphatic hydroxyl groups excluding tert-OH is 1. The second-order valence-electron chi connectivity index (χ2n) is 5.37. The number of aliphatic hydroxyl groups is 1. The molecule has 0 saturated carbocycles. The van der Waals surface area contributed by atoms with Crippen molar-refractivity contribution in [2.24, 2.45) is 0 Å². The molecule has 2 atom stereocenters. The lowest BCUT2D eigenvalue weighted by Crippen LogP contribution is -2.48. The Morgan fingerprint density at radius 1 is 1.24 bits per heavy atom. The third-order valence-electron chi connectivity index (χ3n) is 3.89. The minimum Gasteiger partial charge on any atom is -0.504 e. The lowest BCUT2D eigenvalue weighted by atomic mass is 9.84. The Balaban J connectivity index is 2.13. The fourth-order valence-corrected chi connectivity index (χ4v) is 2.88. The molecule has 0 aromatic heterocycles. The van der Waals surface area contributed by atoms with Crippen molar-refractivity contribution in [3.8, 4) is 11.5 Å². The first kappa shape index (κ1) is 16.0. The third kappa shape index (κ3) is 3.47. The standard InChI is InChI=1S/C15H23NO5/c1-20-7-9(8-21-2)16-12-5-3-11-10(14(12)18)4-6-13(17)15(11)19/h4,6,9,12,14,16-19H,3,5,7-8H2,1-2H3/t12-,14-/m1/s1. The van der Waals surface area contributed by atoms with Gasteiger partial charge < -0.3 is 30.1 Å². The van der Waals surface area contributed by atoms with Crippen LogP contribution in [0.1, 0.15) is 23.7 Å². The van der Waals surface area contributed by atoms with Crippen molar-refractivity contribution in [1.82, 2.24) is 5.32 Å². The number of hydrogen-bond acceptors (Lipinski definition) is 6. The fourth-order valence-electron chi connectivity index (χ4n) is 2.88. The molecule has 0 aliphatic heterocycles. The lowest BCUT2D eigenvalue weighted by Gasteiger charge is -2.34. The largest absolute Gasteiger partial charge is 0.504 e. The maximum Gasteiger partial charge on any atom is 0.161 e. The summed E-state index contributed by atoms with van der Waals surface area (Å²) in [4.78, 5) is 0. The molecule has 1 aromatic carbocycles. The monoisotopic (exact) mass is 297 g/mol. The summed E-state index contributed by atoms with van der Waals surface area (Å²) in [6, 6.07) is 2.91. The number of methoxy groups -OCH3 is 2. The van der Waals surface area contributed by atoms with Crippen LogP contribution in [0.3, 0.4) is 0 Å². The first-order chi connectivity index (χ1) is 10.1. The van der Waals surface area contributed by atoms with Crippen LogP contribution in [0, 0.1) is 0 Å². The molecule has 2 rings (SSSR count). The number of nitrogens with one attached hydrogen (secondary N) is 1. The molecule has 0 fully saturated rings. The highest BCUT2D eigenvalue weighted by molar-refractivity contribution is 5.51. The van der Waals surface area contributed by atoms with Crippen LogP contribution in [0.5, 0.6) is 11.5 Å². The molecule has 0 bridgehead atoms. The number of fused-ring (bicyclic) bond motifs is 1. The number of aromatic hydroxyl groups is 2. The van der Waals surface area contributed by atoms with Crippen LogP contribution in [0.15, 0.2) is 12.1 Å². The average Bonchev–Trinajstić information content (AvgIpc) is 2.46. The minimum atomic E-state index is -0.739. The summed E-state index contributed by atoms with van der Waals surface area (Å²) in [7, 11) is 3.25. The van der Waals surface area contributed by atoms with Crippen molar-refractivity contribution in [2.75, 3.05) is 27.4 Å². The van der Waals surface area contributed by atoms with E-state index in [1.807, 2.05) is 0 Å². The van der Waals surface area contributed by atoms with E-state index in [0.29, 0.717) is 37.2 Å². The van der Waals surface area contributed by atoms with Crippen LogP contribution in [0.2, 0.25) is 0 Å². The maximum absolute atomic E-state index is 10.5. The summed E-state index contributed by atoms with van der Waals surface area (Å²) >= 11 is 0. The quantitative estimate of drug-likeness (QED) is 0.578. The molecule has 0 unspecified atom stereocenters. The van der Waals surface area contributed by atoms with E-state index in [1.54, 1.807) is 20.3 Å². The van der Waals surface area contributed by atoms with Crippen molar-refractivity contribution in [2.45, 2.75) is 31.0 Å². The van der Waals surface area contributed by atoms with Gasteiger partial charge in [-0.1, -0.05) is 6.07 Å². The van der Waals surface area contributed by atoms with Crippen LogP contribution in [0.4, 0.5) is 0 Å². The van der Waals surface area contributed by atoms with Crippen molar-refractivity contribution < 1.29 is 24.8 Å². The molecule has 6 nitrogen and oxygen atoms in total. The van der Waals surface area contributed by atoms with Gasteiger partial charge in [-0.25, -0.2) is 0 Å². The zero-order chi connectivity index (χ0) is 15.4. The van der Waals surface area contributed by atoms with Crippen LogP contribution < -0.4 is 5.32 Å². The maximum atomic E-state index is 10.5. The van der Waals surface area contributed by atoms with E-state index in [2.05, 4.69) is 5.32 Å². The van der Waals surface area contributed by atoms with Gasteiger partial charge in [0.05, 0.1) is 25.4 Å². The number of phenolic OH excluding ortho intramolecular Hbond substituents is 2. The first-order valence-electron chi connectivity index (χ1n) is 7.04. The first-order valence-corrected chi connectivity index (χ1v) is 7.04. The van der Waals surface area contributed by atoms with Gasteiger partial charge in [0, 0.05) is 25.8 Å². The van der Waals surface area contributed by atoms with E-state index >= 15 is 0 Å². The molecule has 0 spiro atoms. The van der Waals surface area contributed by atoms with E-state index in [0.717, 1.165) is 0 Å². The van der Waals surface area contributed by atoms with Gasteiger partial charge in [0.1, 0.15) is 0 Å². The smallest absolute Gasteiger partial charge is 0.161 e. The van der Waals surface area contributed by atoms with Gasteiger partial charge in [-0.15, -0.1) is 0 Å². The Labute approximate surface area is 124 Å². The molecule has 0 amide bonds. The molecule has 0 radical (unpaired) electrons. The van der Waals surface area contributed by atoms with Gasteiger partial charge in [0.2, 0.25) is 0 Å². The van der Waals surface area contributed by atoms with E-state index in [-0.39, 0.29) is 23.6 Å². The van der Waals surface area contributed by atoms with Gasteiger partial charge in [-0.3, -0.25) is 0 Å². The topological polar surface area (TPSA) is 91.2 Å². The van der Waals surface area contributed by atoms with Crippen LogP contribution in [-0.2, 0) is 15.9 Å². The fraction of sp³-hybridized carbons (Fsp3) is 0.600. The molecule has 4 N–H and O–H groups in total. The predicted octanol–water partition coefficient (Wildman–Crippen LogP) is 0.697.